The normalized spacial score (nSPS) is 10.5. The van der Waals surface area contributed by atoms with Gasteiger partial charge < -0.3 is 9.84 Å². The molecule has 4 nitrogen and oxygen atoms in total. The van der Waals surface area contributed by atoms with Gasteiger partial charge in [-0.2, -0.15) is 0 Å². The third-order valence-electron chi connectivity index (χ3n) is 2.44. The molecular formula is C12H10BrNO3. The zero-order valence-corrected chi connectivity index (χ0v) is 10.9. The molecular weight excluding hydrogens is 286 g/mol. The number of rotatable bonds is 2. The van der Waals surface area contributed by atoms with Crippen LogP contribution in [0.15, 0.2) is 22.7 Å². The van der Waals surface area contributed by atoms with E-state index >= 15 is 0 Å². The number of carboxylic acids is 1. The smallest absolute Gasteiger partial charge is 0.336 e. The summed E-state index contributed by atoms with van der Waals surface area (Å²) in [6.45, 7) is 1.76. The van der Waals surface area contributed by atoms with Crippen molar-refractivity contribution in [2.45, 2.75) is 6.92 Å². The van der Waals surface area contributed by atoms with Crippen LogP contribution >= 0.6 is 15.9 Å². The maximum absolute atomic E-state index is 11.2. The molecule has 2 rings (SSSR count). The molecule has 0 amide bonds. The van der Waals surface area contributed by atoms with E-state index in [2.05, 4.69) is 20.9 Å². The van der Waals surface area contributed by atoms with Gasteiger partial charge in [0.25, 0.3) is 0 Å². The summed E-state index contributed by atoms with van der Waals surface area (Å²) >= 11 is 3.33. The van der Waals surface area contributed by atoms with Crippen molar-refractivity contribution in [2.24, 2.45) is 0 Å². The Hall–Kier alpha value is -1.62. The van der Waals surface area contributed by atoms with E-state index in [9.17, 15) is 4.79 Å². The molecule has 0 aliphatic heterocycles. The van der Waals surface area contributed by atoms with Gasteiger partial charge in [-0.05, 0) is 35.0 Å². The molecule has 2 aromatic rings. The van der Waals surface area contributed by atoms with E-state index in [1.807, 2.05) is 0 Å². The summed E-state index contributed by atoms with van der Waals surface area (Å²) in [5.41, 5.74) is 1.53. The standard InChI is InChI=1S/C12H10BrNO3/c1-6-3-8(12(15)16)7-4-9(13)11(17-2)5-10(7)14-6/h3-5H,1-2H3,(H,15,16). The number of hydrogen-bond acceptors (Lipinski definition) is 3. The number of halogens is 1. The lowest BCUT2D eigenvalue weighted by Crippen LogP contribution is -2.00. The molecule has 5 heteroatoms. The van der Waals surface area contributed by atoms with Gasteiger partial charge in [0.1, 0.15) is 5.75 Å². The van der Waals surface area contributed by atoms with E-state index in [0.717, 1.165) is 0 Å². The number of benzene rings is 1. The first-order chi connectivity index (χ1) is 8.02. The second-order valence-corrected chi connectivity index (χ2v) is 4.47. The first-order valence-electron chi connectivity index (χ1n) is 4.91. The van der Waals surface area contributed by atoms with Crippen LogP contribution in [-0.2, 0) is 0 Å². The highest BCUT2D eigenvalue weighted by molar-refractivity contribution is 9.10. The zero-order valence-electron chi connectivity index (χ0n) is 9.32. The number of pyridine rings is 1. The summed E-state index contributed by atoms with van der Waals surface area (Å²) in [7, 11) is 1.56. The Kier molecular flexibility index (Phi) is 3.02. The SMILES string of the molecule is COc1cc2nc(C)cc(C(=O)O)c2cc1Br. The summed E-state index contributed by atoms with van der Waals surface area (Å²) < 4.78 is 5.87. The largest absolute Gasteiger partial charge is 0.495 e. The highest BCUT2D eigenvalue weighted by atomic mass is 79.9. The van der Waals surface area contributed by atoms with Crippen LogP contribution in [0.3, 0.4) is 0 Å². The molecule has 0 radical (unpaired) electrons. The van der Waals surface area contributed by atoms with Crippen molar-refractivity contribution in [3.63, 3.8) is 0 Å². The van der Waals surface area contributed by atoms with E-state index in [4.69, 9.17) is 9.84 Å². The predicted molar refractivity (Wildman–Crippen MR) is 67.7 cm³/mol. The number of fused-ring (bicyclic) bond motifs is 1. The first kappa shape index (κ1) is 11.9. The lowest BCUT2D eigenvalue weighted by atomic mass is 10.1. The maximum atomic E-state index is 11.2. The van der Waals surface area contributed by atoms with Crippen LogP contribution in [0.1, 0.15) is 16.1 Å². The van der Waals surface area contributed by atoms with Crippen molar-refractivity contribution in [3.8, 4) is 5.75 Å². The van der Waals surface area contributed by atoms with Gasteiger partial charge in [-0.15, -0.1) is 0 Å². The van der Waals surface area contributed by atoms with Crippen LogP contribution in [0, 0.1) is 6.92 Å². The molecule has 0 atom stereocenters. The fourth-order valence-electron chi connectivity index (χ4n) is 1.69. The van der Waals surface area contributed by atoms with Crippen LogP contribution in [0.25, 0.3) is 10.9 Å². The lowest BCUT2D eigenvalue weighted by Gasteiger charge is -2.08. The van der Waals surface area contributed by atoms with Crippen LogP contribution < -0.4 is 4.74 Å². The molecule has 0 saturated heterocycles. The fraction of sp³-hybridized carbons (Fsp3) is 0.167. The molecule has 88 valence electrons. The number of nitrogens with zero attached hydrogens (tertiary/aromatic N) is 1. The van der Waals surface area contributed by atoms with E-state index in [-0.39, 0.29) is 5.56 Å². The van der Waals surface area contributed by atoms with E-state index < -0.39 is 5.97 Å². The number of hydrogen-bond donors (Lipinski definition) is 1. The van der Waals surface area contributed by atoms with E-state index in [1.54, 1.807) is 32.2 Å². The van der Waals surface area contributed by atoms with Crippen LogP contribution in [-0.4, -0.2) is 23.2 Å². The molecule has 1 aromatic heterocycles. The molecule has 0 aliphatic rings. The molecule has 0 spiro atoms. The third kappa shape index (κ3) is 2.10. The van der Waals surface area contributed by atoms with Crippen LogP contribution in [0.2, 0.25) is 0 Å². The van der Waals surface area contributed by atoms with Crippen molar-refractivity contribution < 1.29 is 14.6 Å². The maximum Gasteiger partial charge on any atom is 0.336 e. The average Bonchev–Trinajstić information content (AvgIpc) is 2.27. The summed E-state index contributed by atoms with van der Waals surface area (Å²) in [4.78, 5) is 15.5. The minimum atomic E-state index is -0.961. The monoisotopic (exact) mass is 295 g/mol. The number of carbonyl (C=O) groups is 1. The Balaban J connectivity index is 2.85. The second-order valence-electron chi connectivity index (χ2n) is 3.62. The van der Waals surface area contributed by atoms with Gasteiger partial charge in [-0.1, -0.05) is 0 Å². The topological polar surface area (TPSA) is 59.4 Å². The zero-order chi connectivity index (χ0) is 12.6. The fourth-order valence-corrected chi connectivity index (χ4v) is 2.20. The number of ether oxygens (including phenoxy) is 1. The van der Waals surface area contributed by atoms with Gasteiger partial charge in [0.05, 0.1) is 22.7 Å². The number of aromatic nitrogens is 1. The Bertz CT molecular complexity index is 610. The molecule has 0 aliphatic carbocycles. The first-order valence-corrected chi connectivity index (χ1v) is 5.70. The number of aryl methyl sites for hydroxylation is 1. The van der Waals surface area contributed by atoms with E-state index in [0.29, 0.717) is 26.8 Å². The molecule has 0 saturated carbocycles. The van der Waals surface area contributed by atoms with Crippen molar-refractivity contribution in [1.29, 1.82) is 0 Å². The minimum Gasteiger partial charge on any atom is -0.495 e. The molecule has 1 heterocycles. The summed E-state index contributed by atoms with van der Waals surface area (Å²) in [6.07, 6.45) is 0. The van der Waals surface area contributed by atoms with Crippen molar-refractivity contribution in [3.05, 3.63) is 33.9 Å². The summed E-state index contributed by atoms with van der Waals surface area (Å²) in [5, 5.41) is 9.74. The molecule has 0 fully saturated rings. The molecule has 0 bridgehead atoms. The quantitative estimate of drug-likeness (QED) is 0.925. The van der Waals surface area contributed by atoms with Crippen molar-refractivity contribution >= 4 is 32.8 Å². The number of carboxylic acid groups (broad SMARTS) is 1. The van der Waals surface area contributed by atoms with Crippen LogP contribution in [0.4, 0.5) is 0 Å². The third-order valence-corrected chi connectivity index (χ3v) is 3.06. The second kappa shape index (κ2) is 4.33. The summed E-state index contributed by atoms with van der Waals surface area (Å²) in [5.74, 6) is -0.329. The highest BCUT2D eigenvalue weighted by Gasteiger charge is 2.13. The molecule has 1 N–H and O–H groups in total. The Labute approximate surface area is 106 Å². The minimum absolute atomic E-state index is 0.246. The molecule has 1 aromatic carbocycles. The Morgan fingerprint density at radius 1 is 1.41 bits per heavy atom. The van der Waals surface area contributed by atoms with Gasteiger partial charge in [-0.3, -0.25) is 4.98 Å². The summed E-state index contributed by atoms with van der Waals surface area (Å²) in [6, 6.07) is 4.99. The molecule has 17 heavy (non-hydrogen) atoms. The van der Waals surface area contributed by atoms with Gasteiger partial charge in [0.15, 0.2) is 0 Å². The average molecular weight is 296 g/mol. The van der Waals surface area contributed by atoms with Crippen molar-refractivity contribution in [2.75, 3.05) is 7.11 Å². The van der Waals surface area contributed by atoms with Gasteiger partial charge in [0, 0.05) is 17.1 Å². The van der Waals surface area contributed by atoms with Gasteiger partial charge in [0.2, 0.25) is 0 Å². The van der Waals surface area contributed by atoms with Crippen molar-refractivity contribution in [1.82, 2.24) is 4.98 Å². The Morgan fingerprint density at radius 2 is 2.12 bits per heavy atom. The van der Waals surface area contributed by atoms with Gasteiger partial charge in [-0.25, -0.2) is 4.79 Å². The Morgan fingerprint density at radius 3 is 2.71 bits per heavy atom. The number of aromatic carboxylic acids is 1. The lowest BCUT2D eigenvalue weighted by molar-refractivity contribution is 0.0699. The van der Waals surface area contributed by atoms with Crippen LogP contribution in [0.5, 0.6) is 5.75 Å². The number of methoxy groups -OCH3 is 1. The highest BCUT2D eigenvalue weighted by Crippen LogP contribution is 2.31. The molecule has 0 unspecified atom stereocenters. The predicted octanol–water partition coefficient (Wildman–Crippen LogP) is 3.01. The van der Waals surface area contributed by atoms with E-state index in [1.165, 1.54) is 0 Å². The van der Waals surface area contributed by atoms with Gasteiger partial charge >= 0.3 is 5.97 Å².